The molecule has 1 unspecified atom stereocenters. The third-order valence-corrected chi connectivity index (χ3v) is 6.01. The minimum atomic E-state index is -2.91. The second-order valence-corrected chi connectivity index (χ2v) is 10.0. The summed E-state index contributed by atoms with van der Waals surface area (Å²) in [5.41, 5.74) is 1.24. The lowest BCUT2D eigenvalue weighted by molar-refractivity contribution is 0.0270. The fourth-order valence-corrected chi connectivity index (χ4v) is 4.18. The predicted octanol–water partition coefficient (Wildman–Crippen LogP) is 6.61. The van der Waals surface area contributed by atoms with Crippen molar-refractivity contribution < 1.29 is 22.7 Å². The summed E-state index contributed by atoms with van der Waals surface area (Å²) in [4.78, 5) is 27.4. The van der Waals surface area contributed by atoms with Crippen molar-refractivity contribution in [3.63, 3.8) is 0 Å². The van der Waals surface area contributed by atoms with Gasteiger partial charge in [-0.05, 0) is 58.2 Å². The first-order valence-corrected chi connectivity index (χ1v) is 12.1. The molecule has 4 rings (SSSR count). The van der Waals surface area contributed by atoms with Crippen molar-refractivity contribution in [3.8, 4) is 0 Å². The Bertz CT molecular complexity index is 1350. The largest absolute Gasteiger partial charge is 0.444 e. The number of hydrogen-bond donors (Lipinski definition) is 1. The number of halogens is 3. The van der Waals surface area contributed by atoms with E-state index < -0.39 is 29.4 Å². The summed E-state index contributed by atoms with van der Waals surface area (Å²) in [6.07, 6.45) is 1.04. The van der Waals surface area contributed by atoms with E-state index in [1.807, 2.05) is 32.9 Å². The first kappa shape index (κ1) is 26.4. The molecule has 0 bridgehead atoms. The van der Waals surface area contributed by atoms with Gasteiger partial charge in [-0.1, -0.05) is 24.3 Å². The normalized spacial score (nSPS) is 15.1. The van der Waals surface area contributed by atoms with E-state index in [2.05, 4.69) is 20.3 Å². The topological polar surface area (TPSA) is 80.2 Å². The monoisotopic (exact) mass is 513 g/mol. The van der Waals surface area contributed by atoms with E-state index >= 15 is 0 Å². The molecular formula is C27H30F3N5O2. The number of rotatable bonds is 5. The molecule has 1 N–H and O–H groups in total. The number of fused-ring (bicyclic) bond motifs is 1. The molecule has 0 spiro atoms. The maximum atomic E-state index is 14.7. The Labute approximate surface area is 213 Å². The van der Waals surface area contributed by atoms with Crippen LogP contribution in [0.3, 0.4) is 0 Å². The fraction of sp³-hybridized carbons (Fsp3) is 0.407. The summed E-state index contributed by atoms with van der Waals surface area (Å²) in [5, 5.41) is 3.78. The van der Waals surface area contributed by atoms with Crippen LogP contribution in [0.25, 0.3) is 16.6 Å². The molecule has 0 aliphatic carbocycles. The lowest BCUT2D eigenvalue weighted by Gasteiger charge is -2.29. The standard InChI is InChI=1S/C27H30F3N5O2/c1-15(19-7-6-8-20(22(19)28)23(29)30)32-25-21-13-18(14-31-24(21)33-16(2)34-25)17-9-11-35(12-10-17)26(36)37-27(3,4)5/h6-9,13-15,23H,10-12H2,1-5H3,(H,31,32,33,34). The molecule has 196 valence electrons. The number of hydrogen-bond acceptors (Lipinski definition) is 6. The predicted molar refractivity (Wildman–Crippen MR) is 136 cm³/mol. The molecule has 37 heavy (non-hydrogen) atoms. The quantitative estimate of drug-likeness (QED) is 0.414. The molecule has 0 radical (unpaired) electrons. The van der Waals surface area contributed by atoms with Gasteiger partial charge in [0.2, 0.25) is 0 Å². The van der Waals surface area contributed by atoms with Gasteiger partial charge < -0.3 is 15.0 Å². The van der Waals surface area contributed by atoms with Gasteiger partial charge in [0.1, 0.15) is 23.1 Å². The SMILES string of the molecule is Cc1nc(NC(C)c2cccc(C(F)F)c2F)c2cc(C3=CCN(C(=O)OC(C)(C)C)CC3)cnc2n1. The van der Waals surface area contributed by atoms with Crippen LogP contribution in [0.1, 0.15) is 69.1 Å². The maximum Gasteiger partial charge on any atom is 0.410 e. The van der Waals surface area contributed by atoms with Gasteiger partial charge in [0.15, 0.2) is 5.65 Å². The van der Waals surface area contributed by atoms with Crippen molar-refractivity contribution in [2.75, 3.05) is 18.4 Å². The molecule has 3 aromatic rings. The van der Waals surface area contributed by atoms with E-state index in [1.165, 1.54) is 12.1 Å². The lowest BCUT2D eigenvalue weighted by atomic mass is 10.00. The number of benzene rings is 1. The lowest BCUT2D eigenvalue weighted by Crippen LogP contribution is -2.39. The highest BCUT2D eigenvalue weighted by Crippen LogP contribution is 2.32. The maximum absolute atomic E-state index is 14.7. The van der Waals surface area contributed by atoms with E-state index in [0.29, 0.717) is 42.2 Å². The van der Waals surface area contributed by atoms with Crippen molar-refractivity contribution in [1.29, 1.82) is 0 Å². The zero-order valence-electron chi connectivity index (χ0n) is 21.5. The number of ether oxygens (including phenoxy) is 1. The number of nitrogens with zero attached hydrogens (tertiary/aromatic N) is 4. The van der Waals surface area contributed by atoms with E-state index in [-0.39, 0.29) is 11.7 Å². The highest BCUT2D eigenvalue weighted by molar-refractivity contribution is 5.89. The molecule has 1 atom stereocenters. The van der Waals surface area contributed by atoms with Crippen LogP contribution in [0, 0.1) is 12.7 Å². The van der Waals surface area contributed by atoms with Crippen LogP contribution in [0.15, 0.2) is 36.5 Å². The summed E-state index contributed by atoms with van der Waals surface area (Å²) in [6, 6.07) is 5.23. The summed E-state index contributed by atoms with van der Waals surface area (Å²) in [5.74, 6) is -0.0413. The van der Waals surface area contributed by atoms with Crippen LogP contribution >= 0.6 is 0 Å². The summed E-state index contributed by atoms with van der Waals surface area (Å²) in [6.45, 7) is 9.81. The third kappa shape index (κ3) is 6.00. The number of nitrogens with one attached hydrogen (secondary N) is 1. The summed E-state index contributed by atoms with van der Waals surface area (Å²) >= 11 is 0. The first-order chi connectivity index (χ1) is 17.4. The Morgan fingerprint density at radius 2 is 1.92 bits per heavy atom. The van der Waals surface area contributed by atoms with Gasteiger partial charge >= 0.3 is 6.09 Å². The molecule has 2 aromatic heterocycles. The van der Waals surface area contributed by atoms with Gasteiger partial charge in [0.05, 0.1) is 17.0 Å². The summed E-state index contributed by atoms with van der Waals surface area (Å²) in [7, 11) is 0. The van der Waals surface area contributed by atoms with Crippen LogP contribution in [0.5, 0.6) is 0 Å². The number of alkyl halides is 2. The van der Waals surface area contributed by atoms with Crippen LogP contribution in [-0.4, -0.2) is 44.6 Å². The van der Waals surface area contributed by atoms with Gasteiger partial charge in [-0.3, -0.25) is 0 Å². The molecule has 0 saturated heterocycles. The molecule has 0 saturated carbocycles. The minimum Gasteiger partial charge on any atom is -0.444 e. The second kappa shape index (κ2) is 10.4. The highest BCUT2D eigenvalue weighted by Gasteiger charge is 2.25. The van der Waals surface area contributed by atoms with Crippen LogP contribution < -0.4 is 5.32 Å². The average molecular weight is 514 g/mol. The Morgan fingerprint density at radius 3 is 2.57 bits per heavy atom. The van der Waals surface area contributed by atoms with Gasteiger partial charge in [-0.25, -0.2) is 32.9 Å². The van der Waals surface area contributed by atoms with Crippen molar-refractivity contribution in [2.24, 2.45) is 0 Å². The number of carbonyl (C=O) groups excluding carboxylic acids is 1. The van der Waals surface area contributed by atoms with Crippen molar-refractivity contribution in [1.82, 2.24) is 19.9 Å². The molecule has 7 nitrogen and oxygen atoms in total. The second-order valence-electron chi connectivity index (χ2n) is 10.0. The van der Waals surface area contributed by atoms with Gasteiger partial charge in [0, 0.05) is 24.8 Å². The fourth-order valence-electron chi connectivity index (χ4n) is 4.18. The van der Waals surface area contributed by atoms with E-state index in [1.54, 1.807) is 24.9 Å². The van der Waals surface area contributed by atoms with Crippen molar-refractivity contribution >= 4 is 28.5 Å². The van der Waals surface area contributed by atoms with Crippen LogP contribution in [0.2, 0.25) is 0 Å². The number of anilines is 1. The minimum absolute atomic E-state index is 0.114. The Kier molecular flexibility index (Phi) is 7.38. The molecule has 3 heterocycles. The van der Waals surface area contributed by atoms with E-state index in [4.69, 9.17) is 4.74 Å². The number of aryl methyl sites for hydroxylation is 1. The van der Waals surface area contributed by atoms with Crippen molar-refractivity contribution in [3.05, 3.63) is 64.9 Å². The molecule has 1 aliphatic rings. The Hall–Kier alpha value is -3.69. The zero-order chi connectivity index (χ0) is 26.9. The molecule has 0 fully saturated rings. The van der Waals surface area contributed by atoms with Gasteiger partial charge in [-0.2, -0.15) is 0 Å². The smallest absolute Gasteiger partial charge is 0.410 e. The van der Waals surface area contributed by atoms with Crippen LogP contribution in [-0.2, 0) is 4.74 Å². The highest BCUT2D eigenvalue weighted by atomic mass is 19.3. The molecular weight excluding hydrogens is 483 g/mol. The van der Waals surface area contributed by atoms with Gasteiger partial charge in [-0.15, -0.1) is 0 Å². The number of pyridine rings is 1. The number of amides is 1. The molecule has 10 heteroatoms. The Balaban J connectivity index is 1.61. The first-order valence-electron chi connectivity index (χ1n) is 12.1. The molecule has 1 aliphatic heterocycles. The number of aromatic nitrogens is 3. The third-order valence-electron chi connectivity index (χ3n) is 6.01. The zero-order valence-corrected chi connectivity index (χ0v) is 21.5. The molecule has 1 aromatic carbocycles. The number of carbonyl (C=O) groups is 1. The van der Waals surface area contributed by atoms with E-state index in [0.717, 1.165) is 17.2 Å². The Morgan fingerprint density at radius 1 is 1.19 bits per heavy atom. The average Bonchev–Trinajstić information content (AvgIpc) is 2.82. The van der Waals surface area contributed by atoms with Crippen molar-refractivity contribution in [2.45, 2.75) is 59.1 Å². The van der Waals surface area contributed by atoms with E-state index in [9.17, 15) is 18.0 Å². The van der Waals surface area contributed by atoms with Gasteiger partial charge in [0.25, 0.3) is 6.43 Å². The van der Waals surface area contributed by atoms with Crippen LogP contribution in [0.4, 0.5) is 23.8 Å². The molecule has 1 amide bonds. The summed E-state index contributed by atoms with van der Waals surface area (Å²) < 4.78 is 46.6.